The molecule has 3 aromatic carbocycles. The van der Waals surface area contributed by atoms with E-state index >= 15 is 0 Å². The average molecular weight is 495 g/mol. The maximum absolute atomic E-state index is 6.33. The quantitative estimate of drug-likeness (QED) is 0.199. The molecule has 0 saturated carbocycles. The molecular weight excluding hydrogens is 471 g/mol. The number of halogens is 2. The first-order valence-corrected chi connectivity index (χ1v) is 12.5. The average Bonchev–Trinajstić information content (AvgIpc) is 3.27. The summed E-state index contributed by atoms with van der Waals surface area (Å²) < 4.78 is 1.84. The number of amidine groups is 1. The Labute approximate surface area is 208 Å². The monoisotopic (exact) mass is 494 g/mol. The summed E-state index contributed by atoms with van der Waals surface area (Å²) in [5, 5.41) is 6.67. The predicted octanol–water partition coefficient (Wildman–Crippen LogP) is 7.29. The Morgan fingerprint density at radius 3 is 2.15 bits per heavy atom. The Kier molecular flexibility index (Phi) is 8.10. The van der Waals surface area contributed by atoms with Gasteiger partial charge < -0.3 is 4.90 Å². The van der Waals surface area contributed by atoms with Gasteiger partial charge in [-0.05, 0) is 35.1 Å². The highest BCUT2D eigenvalue weighted by Crippen LogP contribution is 2.23. The van der Waals surface area contributed by atoms with Crippen molar-refractivity contribution >= 4 is 45.8 Å². The van der Waals surface area contributed by atoms with E-state index in [1.54, 1.807) is 24.0 Å². The molecule has 0 N–H and O–H groups in total. The molecule has 4 nitrogen and oxygen atoms in total. The van der Waals surface area contributed by atoms with E-state index in [2.05, 4.69) is 64.8 Å². The maximum Gasteiger partial charge on any atom is 0.164 e. The Bertz CT molecular complexity index is 1170. The van der Waals surface area contributed by atoms with Crippen LogP contribution in [0.25, 0.3) is 0 Å². The molecule has 33 heavy (non-hydrogen) atoms. The number of benzene rings is 3. The first kappa shape index (κ1) is 23.4. The van der Waals surface area contributed by atoms with Crippen molar-refractivity contribution < 1.29 is 0 Å². The number of aromatic nitrogens is 2. The second-order valence-corrected chi connectivity index (χ2v) is 9.17. The van der Waals surface area contributed by atoms with Crippen LogP contribution in [-0.4, -0.2) is 26.1 Å². The fourth-order valence-corrected chi connectivity index (χ4v) is 4.53. The molecular formula is C26H24Cl2N4S. The van der Waals surface area contributed by atoms with E-state index in [4.69, 9.17) is 28.2 Å². The van der Waals surface area contributed by atoms with E-state index in [1.165, 1.54) is 11.1 Å². The van der Waals surface area contributed by atoms with Gasteiger partial charge in [0.25, 0.3) is 0 Å². The lowest BCUT2D eigenvalue weighted by atomic mass is 10.2. The minimum atomic E-state index is 0.553. The summed E-state index contributed by atoms with van der Waals surface area (Å²) in [5.74, 6) is 0. The Morgan fingerprint density at radius 1 is 0.939 bits per heavy atom. The fourth-order valence-electron chi connectivity index (χ4n) is 3.48. The predicted molar refractivity (Wildman–Crippen MR) is 141 cm³/mol. The van der Waals surface area contributed by atoms with E-state index in [0.29, 0.717) is 16.6 Å². The van der Waals surface area contributed by atoms with Crippen molar-refractivity contribution in [3.05, 3.63) is 118 Å². The first-order chi connectivity index (χ1) is 16.1. The second kappa shape index (κ2) is 11.4. The normalized spacial score (nSPS) is 11.5. The molecule has 7 heteroatoms. The third-order valence-corrected chi connectivity index (χ3v) is 6.38. The van der Waals surface area contributed by atoms with Gasteiger partial charge in [-0.15, -0.1) is 0 Å². The lowest BCUT2D eigenvalue weighted by Crippen LogP contribution is -2.27. The molecule has 0 bridgehead atoms. The molecule has 1 heterocycles. The van der Waals surface area contributed by atoms with Gasteiger partial charge in [0.15, 0.2) is 5.17 Å². The summed E-state index contributed by atoms with van der Waals surface area (Å²) in [6, 6.07) is 26.4. The zero-order valence-electron chi connectivity index (χ0n) is 18.2. The van der Waals surface area contributed by atoms with Gasteiger partial charge in [0.05, 0.1) is 18.9 Å². The number of thioether (sulfide) groups is 1. The number of aliphatic imine (C=N–C) groups is 1. The highest BCUT2D eigenvalue weighted by molar-refractivity contribution is 8.13. The highest BCUT2D eigenvalue weighted by Gasteiger charge is 2.13. The van der Waals surface area contributed by atoms with Crippen LogP contribution in [-0.2, 0) is 19.6 Å². The SMILES string of the molecule is CSC(=Nc1cnn(Cc2ccc(Cl)cc2Cl)c1)N(Cc1ccccc1)Cc1ccccc1. The lowest BCUT2D eigenvalue weighted by molar-refractivity contribution is 0.415. The van der Waals surface area contributed by atoms with E-state index in [1.807, 2.05) is 35.1 Å². The van der Waals surface area contributed by atoms with Crippen molar-refractivity contribution in [2.24, 2.45) is 4.99 Å². The van der Waals surface area contributed by atoms with Crippen LogP contribution in [0.5, 0.6) is 0 Å². The molecule has 168 valence electrons. The molecule has 1 aromatic heterocycles. The van der Waals surface area contributed by atoms with Crippen molar-refractivity contribution in [3.63, 3.8) is 0 Å². The van der Waals surface area contributed by atoms with Crippen LogP contribution in [0.4, 0.5) is 5.69 Å². The van der Waals surface area contributed by atoms with Gasteiger partial charge in [0.1, 0.15) is 5.69 Å². The van der Waals surface area contributed by atoms with Gasteiger partial charge in [-0.3, -0.25) is 4.68 Å². The van der Waals surface area contributed by atoms with Gasteiger partial charge in [0.2, 0.25) is 0 Å². The van der Waals surface area contributed by atoms with Crippen molar-refractivity contribution in [2.45, 2.75) is 19.6 Å². The smallest absolute Gasteiger partial charge is 0.164 e. The van der Waals surface area contributed by atoms with Crippen LogP contribution in [0, 0.1) is 0 Å². The number of nitrogens with zero attached hydrogens (tertiary/aromatic N) is 4. The summed E-state index contributed by atoms with van der Waals surface area (Å²) in [6.07, 6.45) is 5.77. The second-order valence-electron chi connectivity index (χ2n) is 7.56. The van der Waals surface area contributed by atoms with Crippen LogP contribution in [0.1, 0.15) is 16.7 Å². The zero-order chi connectivity index (χ0) is 23.0. The van der Waals surface area contributed by atoms with Crippen LogP contribution in [0.2, 0.25) is 10.0 Å². The van der Waals surface area contributed by atoms with E-state index < -0.39 is 0 Å². The van der Waals surface area contributed by atoms with Crippen molar-refractivity contribution in [3.8, 4) is 0 Å². The lowest BCUT2D eigenvalue weighted by Gasteiger charge is -2.25. The van der Waals surface area contributed by atoms with Crippen molar-refractivity contribution in [1.29, 1.82) is 0 Å². The molecule has 0 aliphatic carbocycles. The standard InChI is InChI=1S/C26H24Cl2N4S/c1-33-26(30-24-15-29-32(19-24)18-22-12-13-23(27)14-25(22)28)31(16-20-8-4-2-5-9-20)17-21-10-6-3-7-11-21/h2-15,19H,16-18H2,1H3. The highest BCUT2D eigenvalue weighted by atomic mass is 35.5. The van der Waals surface area contributed by atoms with E-state index in [-0.39, 0.29) is 0 Å². The molecule has 0 aliphatic rings. The van der Waals surface area contributed by atoms with Gasteiger partial charge >= 0.3 is 0 Å². The van der Waals surface area contributed by atoms with Gasteiger partial charge in [-0.2, -0.15) is 5.10 Å². The summed E-state index contributed by atoms with van der Waals surface area (Å²) in [4.78, 5) is 7.23. The maximum atomic E-state index is 6.33. The largest absolute Gasteiger partial charge is 0.343 e. The Balaban J connectivity index is 1.57. The van der Waals surface area contributed by atoms with Crippen LogP contribution in [0.3, 0.4) is 0 Å². The minimum Gasteiger partial charge on any atom is -0.343 e. The molecule has 4 rings (SSSR count). The third-order valence-electron chi connectivity index (χ3n) is 5.08. The van der Waals surface area contributed by atoms with Gasteiger partial charge in [-0.25, -0.2) is 4.99 Å². The van der Waals surface area contributed by atoms with Crippen molar-refractivity contribution in [2.75, 3.05) is 6.26 Å². The topological polar surface area (TPSA) is 33.4 Å². The summed E-state index contributed by atoms with van der Waals surface area (Å²) in [5.41, 5.74) is 4.24. The molecule has 4 aromatic rings. The molecule has 0 spiro atoms. The van der Waals surface area contributed by atoms with E-state index in [9.17, 15) is 0 Å². The van der Waals surface area contributed by atoms with Crippen LogP contribution >= 0.6 is 35.0 Å². The number of hydrogen-bond acceptors (Lipinski definition) is 3. The molecule has 0 radical (unpaired) electrons. The summed E-state index contributed by atoms with van der Waals surface area (Å²) >= 11 is 14.0. The Hall–Kier alpha value is -2.73. The molecule has 0 atom stereocenters. The van der Waals surface area contributed by atoms with Crippen LogP contribution in [0.15, 0.2) is 96.2 Å². The Morgan fingerprint density at radius 2 is 1.58 bits per heavy atom. The fraction of sp³-hybridized carbons (Fsp3) is 0.154. The summed E-state index contributed by atoms with van der Waals surface area (Å²) in [6.45, 7) is 2.09. The van der Waals surface area contributed by atoms with Crippen molar-refractivity contribution in [1.82, 2.24) is 14.7 Å². The molecule has 0 fully saturated rings. The summed E-state index contributed by atoms with van der Waals surface area (Å²) in [7, 11) is 0. The molecule has 0 amide bonds. The first-order valence-electron chi connectivity index (χ1n) is 10.5. The number of rotatable bonds is 7. The van der Waals surface area contributed by atoms with Crippen LogP contribution < -0.4 is 0 Å². The molecule has 0 saturated heterocycles. The van der Waals surface area contributed by atoms with Gasteiger partial charge in [0, 0.05) is 23.1 Å². The third kappa shape index (κ3) is 6.64. The molecule has 0 aliphatic heterocycles. The zero-order valence-corrected chi connectivity index (χ0v) is 20.6. The van der Waals surface area contributed by atoms with E-state index in [0.717, 1.165) is 29.5 Å². The van der Waals surface area contributed by atoms with Gasteiger partial charge in [-0.1, -0.05) is 102 Å². The molecule has 0 unspecified atom stereocenters. The number of hydrogen-bond donors (Lipinski definition) is 0. The minimum absolute atomic E-state index is 0.553.